The molecule has 0 bridgehead atoms. The molecule has 2 fully saturated rings. The summed E-state index contributed by atoms with van der Waals surface area (Å²) in [4.78, 5) is 19.0. The van der Waals surface area contributed by atoms with E-state index in [0.29, 0.717) is 31.7 Å². The highest BCUT2D eigenvalue weighted by Crippen LogP contribution is 2.33. The van der Waals surface area contributed by atoms with Gasteiger partial charge in [-0.05, 0) is 51.2 Å². The first-order valence-corrected chi connectivity index (χ1v) is 11.2. The summed E-state index contributed by atoms with van der Waals surface area (Å²) >= 11 is 0. The number of nitrogens with one attached hydrogen (secondary N) is 2. The number of carbonyl (C=O) groups excluding carboxylic acids is 1. The topological polar surface area (TPSA) is 92.4 Å². The Morgan fingerprint density at radius 2 is 2.23 bits per heavy atom. The molecular weight excluding hydrogens is 394 g/mol. The second-order valence-electron chi connectivity index (χ2n) is 9.43. The van der Waals surface area contributed by atoms with Gasteiger partial charge in [-0.3, -0.25) is 5.10 Å². The van der Waals surface area contributed by atoms with E-state index in [-0.39, 0.29) is 12.1 Å². The van der Waals surface area contributed by atoms with E-state index in [1.165, 1.54) is 11.9 Å². The van der Waals surface area contributed by atoms with Crippen molar-refractivity contribution in [2.75, 3.05) is 19.8 Å². The highest BCUT2D eigenvalue weighted by atomic mass is 16.6. The molecule has 168 valence electrons. The number of amides is 1. The van der Waals surface area contributed by atoms with Crippen molar-refractivity contribution in [3.8, 4) is 11.4 Å². The van der Waals surface area contributed by atoms with E-state index in [0.717, 1.165) is 37.2 Å². The summed E-state index contributed by atoms with van der Waals surface area (Å²) in [5.41, 5.74) is 1.72. The molecule has 2 aliphatic rings. The minimum Gasteiger partial charge on any atom is -0.444 e. The molecule has 0 radical (unpaired) electrons. The van der Waals surface area contributed by atoms with Gasteiger partial charge in [-0.15, -0.1) is 0 Å². The number of benzene rings is 1. The minimum absolute atomic E-state index is 0.0455. The predicted octanol–water partition coefficient (Wildman–Crippen LogP) is 3.37. The van der Waals surface area contributed by atoms with Gasteiger partial charge in [0.2, 0.25) is 0 Å². The Balaban J connectivity index is 1.41. The number of morpholine rings is 1. The third kappa shape index (κ3) is 5.43. The summed E-state index contributed by atoms with van der Waals surface area (Å²) in [6, 6.07) is 8.71. The lowest BCUT2D eigenvalue weighted by Gasteiger charge is -2.41. The van der Waals surface area contributed by atoms with Crippen LogP contribution in [-0.4, -0.2) is 63.6 Å². The van der Waals surface area contributed by atoms with Crippen LogP contribution in [0.5, 0.6) is 0 Å². The smallest absolute Gasteiger partial charge is 0.410 e. The number of hydrogen-bond acceptors (Lipinski definition) is 6. The van der Waals surface area contributed by atoms with Gasteiger partial charge in [-0.25, -0.2) is 9.78 Å². The monoisotopic (exact) mass is 427 g/mol. The van der Waals surface area contributed by atoms with Crippen molar-refractivity contribution in [2.24, 2.45) is 5.92 Å². The van der Waals surface area contributed by atoms with Crippen molar-refractivity contribution in [1.29, 1.82) is 0 Å². The summed E-state index contributed by atoms with van der Waals surface area (Å²) in [6.07, 6.45) is 4.63. The number of nitrogens with zero attached hydrogens (tertiary/aromatic N) is 3. The first-order chi connectivity index (χ1) is 14.9. The Bertz CT molecular complexity index is 864. The third-order valence-electron chi connectivity index (χ3n) is 6.04. The lowest BCUT2D eigenvalue weighted by molar-refractivity contribution is -0.0487. The number of carbonyl (C=O) groups is 1. The molecule has 4 rings (SSSR count). The van der Waals surface area contributed by atoms with Crippen LogP contribution in [0, 0.1) is 5.92 Å². The van der Waals surface area contributed by atoms with Crippen molar-refractivity contribution >= 4 is 6.09 Å². The van der Waals surface area contributed by atoms with E-state index in [2.05, 4.69) is 32.6 Å². The average Bonchev–Trinajstić information content (AvgIpc) is 3.43. The van der Waals surface area contributed by atoms with Gasteiger partial charge in [0, 0.05) is 24.7 Å². The highest BCUT2D eigenvalue weighted by Gasteiger charge is 2.41. The van der Waals surface area contributed by atoms with Gasteiger partial charge in [0.05, 0.1) is 19.3 Å². The summed E-state index contributed by atoms with van der Waals surface area (Å²) < 4.78 is 11.5. The zero-order valence-corrected chi connectivity index (χ0v) is 18.6. The first-order valence-electron chi connectivity index (χ1n) is 11.2. The van der Waals surface area contributed by atoms with Crippen LogP contribution in [0.25, 0.3) is 11.4 Å². The highest BCUT2D eigenvalue weighted by molar-refractivity contribution is 5.68. The zero-order chi connectivity index (χ0) is 21.8. The van der Waals surface area contributed by atoms with Crippen LogP contribution in [0.2, 0.25) is 0 Å². The van der Waals surface area contributed by atoms with Crippen molar-refractivity contribution in [1.82, 2.24) is 25.4 Å². The van der Waals surface area contributed by atoms with Crippen molar-refractivity contribution in [3.05, 3.63) is 36.2 Å². The Hall–Kier alpha value is -2.45. The van der Waals surface area contributed by atoms with Gasteiger partial charge in [0.25, 0.3) is 0 Å². The largest absolute Gasteiger partial charge is 0.444 e. The Morgan fingerprint density at radius 1 is 1.35 bits per heavy atom. The maximum absolute atomic E-state index is 12.8. The SMILES string of the molecule is CC(C)(C)OC(=O)N1CCOCC1C1CCCC1NCc1cccc(-c2ncn[nH]2)c1. The molecule has 1 amide bonds. The van der Waals surface area contributed by atoms with E-state index in [9.17, 15) is 4.79 Å². The first kappa shape index (κ1) is 21.8. The van der Waals surface area contributed by atoms with Gasteiger partial charge in [-0.1, -0.05) is 24.6 Å². The molecule has 3 atom stereocenters. The van der Waals surface area contributed by atoms with E-state index in [1.807, 2.05) is 37.8 Å². The van der Waals surface area contributed by atoms with Crippen LogP contribution in [0.1, 0.15) is 45.6 Å². The zero-order valence-electron chi connectivity index (χ0n) is 18.6. The second kappa shape index (κ2) is 9.36. The number of H-pyrrole nitrogens is 1. The van der Waals surface area contributed by atoms with Crippen molar-refractivity contribution < 1.29 is 14.3 Å². The van der Waals surface area contributed by atoms with Crippen LogP contribution in [-0.2, 0) is 16.0 Å². The molecule has 0 spiro atoms. The minimum atomic E-state index is -0.498. The molecule has 2 heterocycles. The van der Waals surface area contributed by atoms with Gasteiger partial charge < -0.3 is 19.7 Å². The Morgan fingerprint density at radius 3 is 3.00 bits per heavy atom. The van der Waals surface area contributed by atoms with E-state index < -0.39 is 5.60 Å². The Labute approximate surface area is 183 Å². The molecule has 2 aromatic rings. The molecule has 1 aromatic heterocycles. The maximum atomic E-state index is 12.8. The van der Waals surface area contributed by atoms with Gasteiger partial charge in [0.1, 0.15) is 11.9 Å². The summed E-state index contributed by atoms with van der Waals surface area (Å²) in [7, 11) is 0. The number of rotatable bonds is 5. The quantitative estimate of drug-likeness (QED) is 0.760. The fourth-order valence-electron chi connectivity index (χ4n) is 4.65. The lowest BCUT2D eigenvalue weighted by Crippen LogP contribution is -2.56. The van der Waals surface area contributed by atoms with Crippen LogP contribution in [0.15, 0.2) is 30.6 Å². The van der Waals surface area contributed by atoms with Crippen molar-refractivity contribution in [2.45, 2.75) is 64.3 Å². The van der Waals surface area contributed by atoms with Gasteiger partial charge >= 0.3 is 6.09 Å². The number of hydrogen-bond donors (Lipinski definition) is 2. The fraction of sp³-hybridized carbons (Fsp3) is 0.609. The molecule has 1 aromatic carbocycles. The Kier molecular flexibility index (Phi) is 6.57. The van der Waals surface area contributed by atoms with Gasteiger partial charge in [-0.2, -0.15) is 5.10 Å². The predicted molar refractivity (Wildman–Crippen MR) is 117 cm³/mol. The summed E-state index contributed by atoms with van der Waals surface area (Å²) in [5, 5.41) is 10.6. The summed E-state index contributed by atoms with van der Waals surface area (Å²) in [6.45, 7) is 8.22. The van der Waals surface area contributed by atoms with Crippen molar-refractivity contribution in [3.63, 3.8) is 0 Å². The van der Waals surface area contributed by atoms with Crippen LogP contribution >= 0.6 is 0 Å². The molecule has 3 unspecified atom stereocenters. The maximum Gasteiger partial charge on any atom is 0.410 e. The summed E-state index contributed by atoms with van der Waals surface area (Å²) in [5.74, 6) is 1.12. The molecule has 1 saturated heterocycles. The molecule has 31 heavy (non-hydrogen) atoms. The van der Waals surface area contributed by atoms with E-state index in [1.54, 1.807) is 0 Å². The molecule has 1 aliphatic carbocycles. The molecule has 1 aliphatic heterocycles. The number of aromatic amines is 1. The normalized spacial score (nSPS) is 24.4. The molecule has 8 nitrogen and oxygen atoms in total. The average molecular weight is 428 g/mol. The number of ether oxygens (including phenoxy) is 2. The van der Waals surface area contributed by atoms with Gasteiger partial charge in [0.15, 0.2) is 5.82 Å². The number of aromatic nitrogens is 3. The van der Waals surface area contributed by atoms with E-state index in [4.69, 9.17) is 9.47 Å². The van der Waals surface area contributed by atoms with Crippen LogP contribution in [0.3, 0.4) is 0 Å². The van der Waals surface area contributed by atoms with Crippen LogP contribution in [0.4, 0.5) is 4.79 Å². The molecule has 2 N–H and O–H groups in total. The molecule has 8 heteroatoms. The second-order valence-corrected chi connectivity index (χ2v) is 9.43. The molecular formula is C23H33N5O3. The van der Waals surface area contributed by atoms with E-state index >= 15 is 0 Å². The molecule has 1 saturated carbocycles. The lowest BCUT2D eigenvalue weighted by atomic mass is 9.92. The van der Waals surface area contributed by atoms with Crippen LogP contribution < -0.4 is 5.32 Å². The fourth-order valence-corrected chi connectivity index (χ4v) is 4.65. The third-order valence-corrected chi connectivity index (χ3v) is 6.04. The standard InChI is InChI=1S/C23H33N5O3/c1-23(2,3)31-22(29)28-10-11-30-14-20(28)18-8-5-9-19(18)24-13-16-6-4-7-17(12-16)21-25-15-26-27-21/h4,6-7,12,15,18-20,24H,5,8-11,13-14H2,1-3H3,(H,25,26,27).